The van der Waals surface area contributed by atoms with Gasteiger partial charge in [-0.25, -0.2) is 9.97 Å². The van der Waals surface area contributed by atoms with Crippen molar-refractivity contribution in [3.63, 3.8) is 0 Å². The number of ether oxygens (including phenoxy) is 1. The average molecular weight is 210 g/mol. The van der Waals surface area contributed by atoms with Crippen molar-refractivity contribution in [3.8, 4) is 0 Å². The van der Waals surface area contributed by atoms with Crippen molar-refractivity contribution in [2.75, 3.05) is 30.9 Å². The Kier molecular flexibility index (Phi) is 4.30. The van der Waals surface area contributed by atoms with Gasteiger partial charge in [0.25, 0.3) is 0 Å². The third kappa shape index (κ3) is 3.36. The monoisotopic (exact) mass is 210 g/mol. The number of rotatable bonds is 5. The Labute approximate surface area is 90.3 Å². The first kappa shape index (κ1) is 11.7. The topological polar surface area (TPSA) is 64.3 Å². The van der Waals surface area contributed by atoms with Crippen molar-refractivity contribution in [2.45, 2.75) is 19.9 Å². The summed E-state index contributed by atoms with van der Waals surface area (Å²) in [6.07, 6.45) is 3.25. The van der Waals surface area contributed by atoms with E-state index < -0.39 is 0 Å². The molecule has 1 aromatic heterocycles. The van der Waals surface area contributed by atoms with Crippen molar-refractivity contribution < 1.29 is 4.74 Å². The van der Waals surface area contributed by atoms with E-state index in [0.29, 0.717) is 18.5 Å². The van der Waals surface area contributed by atoms with E-state index in [1.165, 1.54) is 0 Å². The smallest absolute Gasteiger partial charge is 0.147 e. The number of aromatic nitrogens is 2. The SMILES string of the molecule is COCCN(c1cnc(N)cn1)C(C)C. The molecule has 0 radical (unpaired) electrons. The second-order valence-corrected chi connectivity index (χ2v) is 3.58. The Hall–Kier alpha value is -1.36. The van der Waals surface area contributed by atoms with Gasteiger partial charge in [0.1, 0.15) is 11.6 Å². The number of hydrogen-bond acceptors (Lipinski definition) is 5. The van der Waals surface area contributed by atoms with Crippen molar-refractivity contribution >= 4 is 11.6 Å². The molecule has 84 valence electrons. The molecule has 0 aromatic carbocycles. The van der Waals surface area contributed by atoms with Crippen LogP contribution >= 0.6 is 0 Å². The molecule has 5 heteroatoms. The Balaban J connectivity index is 2.74. The van der Waals surface area contributed by atoms with Crippen molar-refractivity contribution in [2.24, 2.45) is 0 Å². The van der Waals surface area contributed by atoms with Crippen LogP contribution in [0.3, 0.4) is 0 Å². The lowest BCUT2D eigenvalue weighted by molar-refractivity contribution is 0.203. The van der Waals surface area contributed by atoms with Crippen LogP contribution in [-0.4, -0.2) is 36.3 Å². The predicted octanol–water partition coefficient (Wildman–Crippen LogP) is 0.920. The van der Waals surface area contributed by atoms with Crippen LogP contribution in [0.15, 0.2) is 12.4 Å². The highest BCUT2D eigenvalue weighted by atomic mass is 16.5. The van der Waals surface area contributed by atoms with Gasteiger partial charge in [-0.1, -0.05) is 0 Å². The van der Waals surface area contributed by atoms with E-state index in [4.69, 9.17) is 10.5 Å². The lowest BCUT2D eigenvalue weighted by Gasteiger charge is -2.27. The van der Waals surface area contributed by atoms with Crippen LogP contribution in [-0.2, 0) is 4.74 Å². The third-order valence-corrected chi connectivity index (χ3v) is 2.11. The molecule has 5 nitrogen and oxygen atoms in total. The molecular formula is C10H18N4O. The molecule has 2 N–H and O–H groups in total. The van der Waals surface area contributed by atoms with E-state index in [0.717, 1.165) is 12.4 Å². The number of methoxy groups -OCH3 is 1. The van der Waals surface area contributed by atoms with Gasteiger partial charge < -0.3 is 15.4 Å². The fraction of sp³-hybridized carbons (Fsp3) is 0.600. The minimum atomic E-state index is 0.359. The summed E-state index contributed by atoms with van der Waals surface area (Å²) in [4.78, 5) is 10.4. The van der Waals surface area contributed by atoms with Gasteiger partial charge in [-0.15, -0.1) is 0 Å². The summed E-state index contributed by atoms with van der Waals surface area (Å²) in [5.74, 6) is 1.27. The third-order valence-electron chi connectivity index (χ3n) is 2.11. The average Bonchev–Trinajstić information content (AvgIpc) is 2.21. The molecule has 1 rings (SSSR count). The zero-order valence-corrected chi connectivity index (χ0v) is 9.47. The van der Waals surface area contributed by atoms with Crippen LogP contribution in [0.1, 0.15) is 13.8 Å². The summed E-state index contributed by atoms with van der Waals surface area (Å²) in [5.41, 5.74) is 5.49. The van der Waals surface area contributed by atoms with Gasteiger partial charge >= 0.3 is 0 Å². The highest BCUT2D eigenvalue weighted by Gasteiger charge is 2.11. The first-order valence-electron chi connectivity index (χ1n) is 4.98. The number of nitrogens with zero attached hydrogens (tertiary/aromatic N) is 3. The number of anilines is 2. The second kappa shape index (κ2) is 5.50. The summed E-state index contributed by atoms with van der Waals surface area (Å²) >= 11 is 0. The number of nitrogens with two attached hydrogens (primary N) is 1. The zero-order chi connectivity index (χ0) is 11.3. The molecule has 1 aromatic rings. The molecular weight excluding hydrogens is 192 g/mol. The molecule has 0 saturated heterocycles. The van der Waals surface area contributed by atoms with Gasteiger partial charge in [0, 0.05) is 19.7 Å². The summed E-state index contributed by atoms with van der Waals surface area (Å²) in [6, 6.07) is 0.359. The van der Waals surface area contributed by atoms with Gasteiger partial charge in [-0.2, -0.15) is 0 Å². The Morgan fingerprint density at radius 2 is 2.13 bits per heavy atom. The maximum absolute atomic E-state index is 5.49. The van der Waals surface area contributed by atoms with E-state index in [-0.39, 0.29) is 0 Å². The van der Waals surface area contributed by atoms with Crippen molar-refractivity contribution in [3.05, 3.63) is 12.4 Å². The van der Waals surface area contributed by atoms with Crippen LogP contribution in [0, 0.1) is 0 Å². The minimum Gasteiger partial charge on any atom is -0.383 e. The largest absolute Gasteiger partial charge is 0.383 e. The molecule has 0 fully saturated rings. The molecule has 0 amide bonds. The maximum Gasteiger partial charge on any atom is 0.147 e. The van der Waals surface area contributed by atoms with Crippen molar-refractivity contribution in [1.82, 2.24) is 9.97 Å². The van der Waals surface area contributed by atoms with E-state index in [1.807, 2.05) is 0 Å². The number of hydrogen-bond donors (Lipinski definition) is 1. The normalized spacial score (nSPS) is 10.7. The quantitative estimate of drug-likeness (QED) is 0.783. The Morgan fingerprint density at radius 1 is 1.40 bits per heavy atom. The summed E-state index contributed by atoms with van der Waals surface area (Å²) in [7, 11) is 1.69. The first-order valence-corrected chi connectivity index (χ1v) is 4.98. The van der Waals surface area contributed by atoms with E-state index in [2.05, 4.69) is 28.7 Å². The summed E-state index contributed by atoms with van der Waals surface area (Å²) < 4.78 is 5.05. The van der Waals surface area contributed by atoms with Gasteiger partial charge in [0.05, 0.1) is 19.0 Å². The van der Waals surface area contributed by atoms with Crippen molar-refractivity contribution in [1.29, 1.82) is 0 Å². The molecule has 0 aliphatic rings. The fourth-order valence-electron chi connectivity index (χ4n) is 1.31. The maximum atomic E-state index is 5.49. The number of nitrogen functional groups attached to an aromatic ring is 1. The van der Waals surface area contributed by atoms with Gasteiger partial charge in [0.2, 0.25) is 0 Å². The molecule has 15 heavy (non-hydrogen) atoms. The van der Waals surface area contributed by atoms with Gasteiger partial charge in [-0.3, -0.25) is 0 Å². The molecule has 0 spiro atoms. The minimum absolute atomic E-state index is 0.359. The molecule has 0 saturated carbocycles. The highest BCUT2D eigenvalue weighted by Crippen LogP contribution is 2.12. The van der Waals surface area contributed by atoms with Crippen LogP contribution in [0.5, 0.6) is 0 Å². The molecule has 0 aliphatic carbocycles. The molecule has 0 bridgehead atoms. The predicted molar refractivity (Wildman–Crippen MR) is 60.8 cm³/mol. The first-order chi connectivity index (χ1) is 7.15. The standard InChI is InChI=1S/C10H18N4O/c1-8(2)14(4-5-15-3)10-7-12-9(11)6-13-10/h6-8H,4-5H2,1-3H3,(H2,11,12). The van der Waals surface area contributed by atoms with Gasteiger partial charge in [0.15, 0.2) is 0 Å². The molecule has 0 atom stereocenters. The van der Waals surface area contributed by atoms with Crippen LogP contribution in [0.2, 0.25) is 0 Å². The lowest BCUT2D eigenvalue weighted by Crippen LogP contribution is -2.34. The second-order valence-electron chi connectivity index (χ2n) is 3.58. The molecule has 1 heterocycles. The van der Waals surface area contributed by atoms with Crippen LogP contribution < -0.4 is 10.6 Å². The Bertz CT molecular complexity index is 286. The van der Waals surface area contributed by atoms with E-state index >= 15 is 0 Å². The highest BCUT2D eigenvalue weighted by molar-refractivity contribution is 5.40. The lowest BCUT2D eigenvalue weighted by atomic mass is 10.3. The molecule has 0 aliphatic heterocycles. The zero-order valence-electron chi connectivity index (χ0n) is 9.47. The Morgan fingerprint density at radius 3 is 2.60 bits per heavy atom. The van der Waals surface area contributed by atoms with Gasteiger partial charge in [-0.05, 0) is 13.8 Å². The molecule has 0 unspecified atom stereocenters. The van der Waals surface area contributed by atoms with E-state index in [1.54, 1.807) is 19.5 Å². The fourth-order valence-corrected chi connectivity index (χ4v) is 1.31. The van der Waals surface area contributed by atoms with Crippen LogP contribution in [0.4, 0.5) is 11.6 Å². The van der Waals surface area contributed by atoms with Crippen LogP contribution in [0.25, 0.3) is 0 Å². The van der Waals surface area contributed by atoms with E-state index in [9.17, 15) is 0 Å². The summed E-state index contributed by atoms with van der Waals surface area (Å²) in [5, 5.41) is 0. The summed E-state index contributed by atoms with van der Waals surface area (Å²) in [6.45, 7) is 5.68.